The molecule has 0 heterocycles. The smallest absolute Gasteiger partial charge is 0.106 e. The van der Waals surface area contributed by atoms with Gasteiger partial charge < -0.3 is 10.5 Å². The molecule has 0 bridgehead atoms. The second kappa shape index (κ2) is 63.3. The predicted molar refractivity (Wildman–Crippen MR) is 21.8 cm³/mol. The number of carbonyl (C=O) groups is 1. The SMILES string of the molecule is C=O.CCN. The summed E-state index contributed by atoms with van der Waals surface area (Å²) in [6.45, 7) is 4.65. The summed E-state index contributed by atoms with van der Waals surface area (Å²) in [6, 6.07) is 0. The third kappa shape index (κ3) is 70.4. The Bertz CT molecular complexity index is 10.9. The molecule has 2 heteroatoms. The molecular formula is C3H9NO. The minimum Gasteiger partial charge on any atom is -0.331 e. The Morgan fingerprint density at radius 3 is 1.80 bits per heavy atom. The van der Waals surface area contributed by atoms with E-state index in [2.05, 4.69) is 0 Å². The highest BCUT2D eigenvalue weighted by molar-refractivity contribution is 5.10. The van der Waals surface area contributed by atoms with E-state index in [1.165, 1.54) is 0 Å². The van der Waals surface area contributed by atoms with Crippen LogP contribution in [0.1, 0.15) is 6.92 Å². The maximum atomic E-state index is 8.00. The molecular weight excluding hydrogens is 66.0 g/mol. The number of hydrogen-bond donors (Lipinski definition) is 1. The van der Waals surface area contributed by atoms with Crippen LogP contribution in [0.2, 0.25) is 0 Å². The molecule has 0 spiro atoms. The standard InChI is InChI=1S/C2H7N.CH2O/c1-2-3;1-2/h2-3H2,1H3;1H2. The molecule has 0 aromatic rings. The van der Waals surface area contributed by atoms with Crippen molar-refractivity contribution >= 4 is 6.79 Å². The second-order valence-electron chi connectivity index (χ2n) is 0.408. The van der Waals surface area contributed by atoms with E-state index in [-0.39, 0.29) is 0 Å². The first-order valence-electron chi connectivity index (χ1n) is 1.40. The first-order valence-corrected chi connectivity index (χ1v) is 1.40. The molecule has 32 valence electrons. The molecule has 0 saturated carbocycles. The minimum atomic E-state index is 0.750. The maximum absolute atomic E-state index is 8.00. The van der Waals surface area contributed by atoms with E-state index in [9.17, 15) is 0 Å². The van der Waals surface area contributed by atoms with Crippen LogP contribution in [0, 0.1) is 0 Å². The van der Waals surface area contributed by atoms with Gasteiger partial charge in [0.25, 0.3) is 0 Å². The van der Waals surface area contributed by atoms with Gasteiger partial charge in [0.1, 0.15) is 6.79 Å². The summed E-state index contributed by atoms with van der Waals surface area (Å²) in [5.74, 6) is 0. The fraction of sp³-hybridized carbons (Fsp3) is 0.667. The van der Waals surface area contributed by atoms with E-state index >= 15 is 0 Å². The fourth-order valence-corrected chi connectivity index (χ4v) is 0. The van der Waals surface area contributed by atoms with Crippen molar-refractivity contribution in [2.24, 2.45) is 5.73 Å². The minimum absolute atomic E-state index is 0.750. The molecule has 0 amide bonds. The highest BCUT2D eigenvalue weighted by Gasteiger charge is 1.32. The normalized spacial score (nSPS) is 4.40. The summed E-state index contributed by atoms with van der Waals surface area (Å²) in [6.07, 6.45) is 0. The summed E-state index contributed by atoms with van der Waals surface area (Å²) in [7, 11) is 0. The summed E-state index contributed by atoms with van der Waals surface area (Å²) < 4.78 is 0. The Morgan fingerprint density at radius 1 is 1.80 bits per heavy atom. The van der Waals surface area contributed by atoms with Gasteiger partial charge in [-0.3, -0.25) is 0 Å². The molecule has 0 aliphatic heterocycles. The molecule has 0 radical (unpaired) electrons. The van der Waals surface area contributed by atoms with Crippen LogP contribution in [-0.4, -0.2) is 13.3 Å². The van der Waals surface area contributed by atoms with Crippen molar-refractivity contribution < 1.29 is 4.79 Å². The highest BCUT2D eigenvalue weighted by Crippen LogP contribution is 1.20. The van der Waals surface area contributed by atoms with Gasteiger partial charge in [-0.05, 0) is 6.54 Å². The predicted octanol–water partition coefficient (Wildman–Crippen LogP) is -0.220. The molecule has 0 fully saturated rings. The van der Waals surface area contributed by atoms with E-state index < -0.39 is 0 Å². The number of carbonyl (C=O) groups excluding carboxylic acids is 1. The van der Waals surface area contributed by atoms with Crippen molar-refractivity contribution in [2.45, 2.75) is 6.92 Å². The van der Waals surface area contributed by atoms with E-state index in [1.807, 2.05) is 13.7 Å². The lowest BCUT2D eigenvalue weighted by atomic mass is 10.8. The second-order valence-corrected chi connectivity index (χ2v) is 0.408. The Labute approximate surface area is 32.0 Å². The van der Waals surface area contributed by atoms with Crippen molar-refractivity contribution in [3.63, 3.8) is 0 Å². The first kappa shape index (κ1) is 8.82. The zero-order valence-electron chi connectivity index (χ0n) is 3.40. The van der Waals surface area contributed by atoms with Crippen LogP contribution in [0.5, 0.6) is 0 Å². The van der Waals surface area contributed by atoms with Gasteiger partial charge in [-0.2, -0.15) is 0 Å². The largest absolute Gasteiger partial charge is 0.331 e. The Morgan fingerprint density at radius 2 is 1.80 bits per heavy atom. The van der Waals surface area contributed by atoms with Crippen LogP contribution in [-0.2, 0) is 4.79 Å². The number of hydrogen-bond acceptors (Lipinski definition) is 2. The van der Waals surface area contributed by atoms with Crippen molar-refractivity contribution in [2.75, 3.05) is 6.54 Å². The third-order valence-electron chi connectivity index (χ3n) is 0. The van der Waals surface area contributed by atoms with Gasteiger partial charge in [-0.1, -0.05) is 6.92 Å². The van der Waals surface area contributed by atoms with Gasteiger partial charge in [0.05, 0.1) is 0 Å². The van der Waals surface area contributed by atoms with Crippen molar-refractivity contribution in [3.05, 3.63) is 0 Å². The van der Waals surface area contributed by atoms with Crippen molar-refractivity contribution in [1.82, 2.24) is 0 Å². The monoisotopic (exact) mass is 75.1 g/mol. The van der Waals surface area contributed by atoms with Crippen molar-refractivity contribution in [1.29, 1.82) is 0 Å². The van der Waals surface area contributed by atoms with E-state index in [0.29, 0.717) is 0 Å². The Hall–Kier alpha value is -0.370. The van der Waals surface area contributed by atoms with Gasteiger partial charge in [0.2, 0.25) is 0 Å². The maximum Gasteiger partial charge on any atom is 0.106 e. The van der Waals surface area contributed by atoms with Crippen LogP contribution in [0.15, 0.2) is 0 Å². The molecule has 2 N–H and O–H groups in total. The van der Waals surface area contributed by atoms with Crippen LogP contribution < -0.4 is 5.73 Å². The molecule has 0 aliphatic carbocycles. The lowest BCUT2D eigenvalue weighted by Crippen LogP contribution is -1.87. The zero-order chi connectivity index (χ0) is 4.71. The van der Waals surface area contributed by atoms with E-state index in [0.717, 1.165) is 6.54 Å². The molecule has 0 aliphatic rings. The summed E-state index contributed by atoms with van der Waals surface area (Å²) in [4.78, 5) is 8.00. The molecule has 2 nitrogen and oxygen atoms in total. The van der Waals surface area contributed by atoms with E-state index in [1.54, 1.807) is 0 Å². The highest BCUT2D eigenvalue weighted by atomic mass is 16.1. The molecule has 0 aromatic heterocycles. The van der Waals surface area contributed by atoms with Crippen LogP contribution in [0.25, 0.3) is 0 Å². The molecule has 5 heavy (non-hydrogen) atoms. The van der Waals surface area contributed by atoms with Crippen LogP contribution in [0.4, 0.5) is 0 Å². The average Bonchev–Trinajstić information content (AvgIpc) is 1.46. The van der Waals surface area contributed by atoms with Gasteiger partial charge in [0, 0.05) is 0 Å². The Kier molecular flexibility index (Phi) is 112. The number of rotatable bonds is 0. The first-order chi connectivity index (χ1) is 2.41. The van der Waals surface area contributed by atoms with Gasteiger partial charge in [-0.15, -0.1) is 0 Å². The zero-order valence-corrected chi connectivity index (χ0v) is 3.40. The fourth-order valence-electron chi connectivity index (χ4n) is 0. The van der Waals surface area contributed by atoms with Gasteiger partial charge in [0.15, 0.2) is 0 Å². The lowest BCUT2D eigenvalue weighted by Gasteiger charge is -1.53. The van der Waals surface area contributed by atoms with Crippen molar-refractivity contribution in [3.8, 4) is 0 Å². The lowest BCUT2D eigenvalue weighted by molar-refractivity contribution is -0.0979. The quantitative estimate of drug-likeness (QED) is 0.432. The molecule has 0 rings (SSSR count). The molecule has 0 atom stereocenters. The topological polar surface area (TPSA) is 43.1 Å². The van der Waals surface area contributed by atoms with E-state index in [4.69, 9.17) is 10.5 Å². The average molecular weight is 75.1 g/mol. The van der Waals surface area contributed by atoms with Gasteiger partial charge >= 0.3 is 0 Å². The third-order valence-corrected chi connectivity index (χ3v) is 0. The summed E-state index contributed by atoms with van der Waals surface area (Å²) in [5, 5.41) is 0. The van der Waals surface area contributed by atoms with Crippen LogP contribution in [0.3, 0.4) is 0 Å². The van der Waals surface area contributed by atoms with Crippen LogP contribution >= 0.6 is 0 Å². The summed E-state index contributed by atoms with van der Waals surface area (Å²) >= 11 is 0. The van der Waals surface area contributed by atoms with Gasteiger partial charge in [-0.25, -0.2) is 0 Å². The Balaban J connectivity index is 0. The molecule has 0 unspecified atom stereocenters. The molecule has 0 saturated heterocycles. The summed E-state index contributed by atoms with van der Waals surface area (Å²) in [5.41, 5.74) is 4.85. The molecule has 0 aromatic carbocycles. The number of nitrogens with two attached hydrogens (primary N) is 1.